The molecule has 0 aliphatic rings. The van der Waals surface area contributed by atoms with E-state index in [0.29, 0.717) is 17.1 Å². The van der Waals surface area contributed by atoms with Gasteiger partial charge in [-0.05, 0) is 30.3 Å². The number of benzene rings is 2. The van der Waals surface area contributed by atoms with E-state index in [-0.39, 0.29) is 22.6 Å². The number of nitrogens with zero attached hydrogens (tertiary/aromatic N) is 1. The van der Waals surface area contributed by atoms with E-state index >= 15 is 0 Å². The Bertz CT molecular complexity index is 908. The van der Waals surface area contributed by atoms with Gasteiger partial charge in [0.25, 0.3) is 0 Å². The van der Waals surface area contributed by atoms with Crippen molar-refractivity contribution >= 4 is 0 Å². The van der Waals surface area contributed by atoms with Crippen molar-refractivity contribution < 1.29 is 27.9 Å². The molecular weight excluding hydrogens is 332 g/mol. The van der Waals surface area contributed by atoms with Crippen molar-refractivity contribution in [2.24, 2.45) is 0 Å². The molecule has 7 heteroatoms. The molecule has 0 radical (unpaired) electrons. The summed E-state index contributed by atoms with van der Waals surface area (Å²) in [5, 5.41) is 13.7. The van der Waals surface area contributed by atoms with Crippen LogP contribution in [0.3, 0.4) is 0 Å². The van der Waals surface area contributed by atoms with E-state index in [9.17, 15) is 13.9 Å². The molecule has 0 atom stereocenters. The van der Waals surface area contributed by atoms with Crippen molar-refractivity contribution in [3.63, 3.8) is 0 Å². The monoisotopic (exact) mass is 347 g/mol. The number of aliphatic hydroxyl groups excluding tert-OH is 1. The van der Waals surface area contributed by atoms with Crippen molar-refractivity contribution in [3.05, 3.63) is 53.6 Å². The fraction of sp³-hybridized carbons (Fsp3) is 0.167. The highest BCUT2D eigenvalue weighted by Crippen LogP contribution is 2.39. The Balaban J connectivity index is 2.17. The number of hydrogen-bond donors (Lipinski definition) is 1. The normalized spacial score (nSPS) is 10.8. The van der Waals surface area contributed by atoms with Crippen LogP contribution >= 0.6 is 0 Å². The standard InChI is InChI=1S/C18H15F2NO4/c1-23-11-4-5-12(16(8-11)24-2)17-14(9-22)18(25-21-17)13-7-10(19)3-6-15(13)20/h3-8,22H,9H2,1-2H3. The molecule has 0 spiro atoms. The van der Waals surface area contributed by atoms with Gasteiger partial charge in [-0.2, -0.15) is 0 Å². The fourth-order valence-electron chi connectivity index (χ4n) is 2.54. The van der Waals surface area contributed by atoms with Gasteiger partial charge in [-0.25, -0.2) is 8.78 Å². The molecule has 25 heavy (non-hydrogen) atoms. The van der Waals surface area contributed by atoms with Crippen LogP contribution in [-0.4, -0.2) is 24.5 Å². The van der Waals surface area contributed by atoms with Crippen molar-refractivity contribution in [3.8, 4) is 34.1 Å². The van der Waals surface area contributed by atoms with Crippen molar-refractivity contribution in [1.82, 2.24) is 5.16 Å². The summed E-state index contributed by atoms with van der Waals surface area (Å²) in [6.07, 6.45) is 0. The molecule has 3 rings (SSSR count). The lowest BCUT2D eigenvalue weighted by molar-refractivity contribution is 0.281. The first-order chi connectivity index (χ1) is 12.1. The zero-order valence-electron chi connectivity index (χ0n) is 13.5. The Hall–Kier alpha value is -2.93. The molecule has 0 fully saturated rings. The minimum absolute atomic E-state index is 0.0348. The van der Waals surface area contributed by atoms with E-state index < -0.39 is 18.2 Å². The third kappa shape index (κ3) is 3.06. The molecule has 1 N–H and O–H groups in total. The molecule has 2 aromatic carbocycles. The van der Waals surface area contributed by atoms with Crippen LogP contribution in [0.5, 0.6) is 11.5 Å². The summed E-state index contributed by atoms with van der Waals surface area (Å²) in [5.41, 5.74) is 0.920. The van der Waals surface area contributed by atoms with Gasteiger partial charge in [0.15, 0.2) is 5.76 Å². The van der Waals surface area contributed by atoms with Gasteiger partial charge in [-0.3, -0.25) is 0 Å². The zero-order valence-corrected chi connectivity index (χ0v) is 13.5. The van der Waals surface area contributed by atoms with Crippen LogP contribution in [0.2, 0.25) is 0 Å². The Labute approximate surface area is 142 Å². The lowest BCUT2D eigenvalue weighted by Gasteiger charge is -2.09. The van der Waals surface area contributed by atoms with Gasteiger partial charge < -0.3 is 19.1 Å². The predicted octanol–water partition coefficient (Wildman–Crippen LogP) is 3.80. The van der Waals surface area contributed by atoms with Crippen molar-refractivity contribution in [2.75, 3.05) is 14.2 Å². The molecule has 0 aliphatic heterocycles. The summed E-state index contributed by atoms with van der Waals surface area (Å²) in [6, 6.07) is 8.00. The number of aliphatic hydroxyl groups is 1. The van der Waals surface area contributed by atoms with E-state index in [0.717, 1.165) is 18.2 Å². The third-order valence-corrected chi connectivity index (χ3v) is 3.78. The average Bonchev–Trinajstić information content (AvgIpc) is 3.06. The predicted molar refractivity (Wildman–Crippen MR) is 86.3 cm³/mol. The summed E-state index contributed by atoms with van der Waals surface area (Å²) < 4.78 is 43.2. The Kier molecular flexibility index (Phi) is 4.67. The van der Waals surface area contributed by atoms with Gasteiger partial charge >= 0.3 is 0 Å². The first-order valence-corrected chi connectivity index (χ1v) is 7.36. The fourth-order valence-corrected chi connectivity index (χ4v) is 2.54. The van der Waals surface area contributed by atoms with E-state index in [4.69, 9.17) is 14.0 Å². The first kappa shape index (κ1) is 16.9. The molecule has 0 unspecified atom stereocenters. The maximum Gasteiger partial charge on any atom is 0.176 e. The Morgan fingerprint density at radius 3 is 2.52 bits per heavy atom. The maximum atomic E-state index is 14.1. The van der Waals surface area contributed by atoms with Gasteiger partial charge in [0.2, 0.25) is 0 Å². The zero-order chi connectivity index (χ0) is 18.0. The van der Waals surface area contributed by atoms with E-state index in [2.05, 4.69) is 5.16 Å². The SMILES string of the molecule is COc1ccc(-c2noc(-c3cc(F)ccc3F)c2CO)c(OC)c1. The topological polar surface area (TPSA) is 64.7 Å². The van der Waals surface area contributed by atoms with Gasteiger partial charge in [0.05, 0.1) is 32.0 Å². The van der Waals surface area contributed by atoms with E-state index in [1.165, 1.54) is 14.2 Å². The van der Waals surface area contributed by atoms with Crippen LogP contribution in [0.4, 0.5) is 8.78 Å². The molecule has 0 saturated carbocycles. The molecular formula is C18H15F2NO4. The largest absolute Gasteiger partial charge is 0.497 e. The first-order valence-electron chi connectivity index (χ1n) is 7.36. The minimum Gasteiger partial charge on any atom is -0.497 e. The summed E-state index contributed by atoms with van der Waals surface area (Å²) in [5.74, 6) is -0.326. The molecule has 0 saturated heterocycles. The smallest absolute Gasteiger partial charge is 0.176 e. The number of aromatic nitrogens is 1. The Morgan fingerprint density at radius 2 is 1.84 bits per heavy atom. The van der Waals surface area contributed by atoms with Crippen LogP contribution in [0.1, 0.15) is 5.56 Å². The summed E-state index contributed by atoms with van der Waals surface area (Å²) in [7, 11) is 3.00. The van der Waals surface area contributed by atoms with Crippen molar-refractivity contribution in [2.45, 2.75) is 6.61 Å². The summed E-state index contributed by atoms with van der Waals surface area (Å²) in [4.78, 5) is 0. The van der Waals surface area contributed by atoms with Crippen LogP contribution in [0, 0.1) is 11.6 Å². The van der Waals surface area contributed by atoms with Crippen molar-refractivity contribution in [1.29, 1.82) is 0 Å². The van der Waals surface area contributed by atoms with Crippen LogP contribution < -0.4 is 9.47 Å². The van der Waals surface area contributed by atoms with Gasteiger partial charge in [-0.1, -0.05) is 5.16 Å². The average molecular weight is 347 g/mol. The van der Waals surface area contributed by atoms with E-state index in [1.54, 1.807) is 18.2 Å². The van der Waals surface area contributed by atoms with Crippen LogP contribution in [0.15, 0.2) is 40.9 Å². The second kappa shape index (κ2) is 6.90. The molecule has 3 aromatic rings. The number of hydrogen-bond acceptors (Lipinski definition) is 5. The van der Waals surface area contributed by atoms with E-state index in [1.807, 2.05) is 0 Å². The van der Waals surface area contributed by atoms with Gasteiger partial charge in [0, 0.05) is 11.6 Å². The molecule has 5 nitrogen and oxygen atoms in total. The third-order valence-electron chi connectivity index (χ3n) is 3.78. The van der Waals surface area contributed by atoms with Crippen LogP contribution in [0.25, 0.3) is 22.6 Å². The number of ether oxygens (including phenoxy) is 2. The van der Waals surface area contributed by atoms with Crippen LogP contribution in [-0.2, 0) is 6.61 Å². The highest BCUT2D eigenvalue weighted by molar-refractivity contribution is 5.76. The summed E-state index contributed by atoms with van der Waals surface area (Å²) in [6.45, 7) is -0.473. The molecule has 1 aromatic heterocycles. The highest BCUT2D eigenvalue weighted by Gasteiger charge is 2.23. The molecule has 0 aliphatic carbocycles. The molecule has 130 valence electrons. The molecule has 1 heterocycles. The number of methoxy groups -OCH3 is 2. The molecule has 0 bridgehead atoms. The lowest BCUT2D eigenvalue weighted by Crippen LogP contribution is -1.95. The summed E-state index contributed by atoms with van der Waals surface area (Å²) >= 11 is 0. The molecule has 0 amide bonds. The second-order valence-corrected chi connectivity index (χ2v) is 5.19. The minimum atomic E-state index is -0.680. The quantitative estimate of drug-likeness (QED) is 0.761. The van der Waals surface area contributed by atoms with Gasteiger partial charge in [-0.15, -0.1) is 0 Å². The maximum absolute atomic E-state index is 14.1. The lowest BCUT2D eigenvalue weighted by atomic mass is 10.0. The Morgan fingerprint density at radius 1 is 1.04 bits per heavy atom. The van der Waals surface area contributed by atoms with Gasteiger partial charge in [0.1, 0.15) is 28.8 Å². The second-order valence-electron chi connectivity index (χ2n) is 5.19. The highest BCUT2D eigenvalue weighted by atomic mass is 19.1. The number of halogens is 2. The number of rotatable bonds is 5.